The Bertz CT molecular complexity index is 2530. The van der Waals surface area contributed by atoms with Crippen LogP contribution in [0.15, 0.2) is 0 Å². The van der Waals surface area contributed by atoms with Gasteiger partial charge < -0.3 is 156 Å². The van der Waals surface area contributed by atoms with Crippen LogP contribution in [-0.2, 0) is 95.3 Å². The molecule has 0 bridgehead atoms. The van der Waals surface area contributed by atoms with Crippen LogP contribution >= 0.6 is 0 Å². The fourth-order valence-corrected chi connectivity index (χ4v) is 10.8. The van der Waals surface area contributed by atoms with E-state index in [0.717, 1.165) is 4.90 Å². The van der Waals surface area contributed by atoms with Crippen molar-refractivity contribution in [1.82, 2.24) is 57.2 Å². The molecule has 0 aromatic carbocycles. The molecule has 9 amide bonds. The van der Waals surface area contributed by atoms with E-state index < -0.39 is 152 Å². The molecule has 20 N–H and O–H groups in total. The van der Waals surface area contributed by atoms with Gasteiger partial charge in [-0.05, 0) is 47.1 Å². The molecule has 108 heavy (non-hydrogen) atoms. The van der Waals surface area contributed by atoms with Crippen LogP contribution in [0.2, 0.25) is 0 Å². The van der Waals surface area contributed by atoms with E-state index in [2.05, 4.69) is 42.5 Å². The van der Waals surface area contributed by atoms with Crippen LogP contribution in [-0.4, -0.2) is 431 Å². The minimum atomic E-state index is -1.51. The van der Waals surface area contributed by atoms with Crippen molar-refractivity contribution in [3.8, 4) is 0 Å². The van der Waals surface area contributed by atoms with E-state index in [9.17, 15) is 104 Å². The summed E-state index contributed by atoms with van der Waals surface area (Å²) in [5, 5.41) is 141. The monoisotopic (exact) mass is 1570 g/mol. The quantitative estimate of drug-likeness (QED) is 0.0252. The average molecular weight is 1570 g/mol. The average Bonchev–Trinajstić information content (AvgIpc) is 0.844. The molecular weight excluding hydrogens is 1450 g/mol. The van der Waals surface area contributed by atoms with Gasteiger partial charge in [-0.25, -0.2) is 0 Å². The van der Waals surface area contributed by atoms with Crippen LogP contribution in [0.3, 0.4) is 0 Å². The Labute approximate surface area is 626 Å². The molecule has 3 saturated heterocycles. The van der Waals surface area contributed by atoms with Gasteiger partial charge in [-0.2, -0.15) is 0 Å². The third-order valence-corrected chi connectivity index (χ3v) is 17.0. The lowest BCUT2D eigenvalue weighted by Crippen LogP contribution is -2.57. The molecule has 0 radical (unpaired) electrons. The van der Waals surface area contributed by atoms with Gasteiger partial charge >= 0.3 is 0 Å². The van der Waals surface area contributed by atoms with Crippen LogP contribution < -0.4 is 42.5 Å². The molecule has 0 aromatic heterocycles. The van der Waals surface area contributed by atoms with Crippen LogP contribution in [0.1, 0.15) is 53.9 Å². The van der Waals surface area contributed by atoms with Crippen LogP contribution in [0.25, 0.3) is 0 Å². The maximum Gasteiger partial charge on any atom is 0.242 e. The summed E-state index contributed by atoms with van der Waals surface area (Å²) in [4.78, 5) is 115. The second kappa shape index (κ2) is 53.4. The molecule has 4 rings (SSSR count). The van der Waals surface area contributed by atoms with Gasteiger partial charge in [-0.3, -0.25) is 57.9 Å². The lowest BCUT2D eigenvalue weighted by molar-refractivity contribution is -0.292. The molecule has 1 aliphatic carbocycles. The molecule has 4 aliphatic rings. The number of hydrogen-bond donors (Lipinski definition) is 20. The van der Waals surface area contributed by atoms with Gasteiger partial charge in [-0.1, -0.05) is 6.92 Å². The van der Waals surface area contributed by atoms with Gasteiger partial charge in [0.2, 0.25) is 53.2 Å². The summed E-state index contributed by atoms with van der Waals surface area (Å²) < 4.78 is 59.4. The summed E-state index contributed by atoms with van der Waals surface area (Å²) in [6.45, 7) is 7.67. The zero-order chi connectivity index (χ0) is 80.4. The zero-order valence-electron chi connectivity index (χ0n) is 62.4. The van der Waals surface area contributed by atoms with Crippen molar-refractivity contribution in [2.24, 2.45) is 5.92 Å². The number of rotatable bonds is 49. The number of nitrogens with one attached hydrogen (secondary N) is 8. The number of imide groups is 1. The van der Waals surface area contributed by atoms with Gasteiger partial charge in [0.25, 0.3) is 0 Å². The highest BCUT2D eigenvalue weighted by molar-refractivity contribution is 5.96. The first-order valence-electron chi connectivity index (χ1n) is 36.0. The number of likely N-dealkylation sites (N-methyl/N-ethyl adjacent to an activating group) is 2. The minimum absolute atomic E-state index is 0.0167. The molecule has 20 atom stereocenters. The third kappa shape index (κ3) is 36.7. The molecule has 43 heteroatoms. The smallest absolute Gasteiger partial charge is 0.242 e. The number of hydrogen-bond acceptors (Lipinski definition) is 35. The summed E-state index contributed by atoms with van der Waals surface area (Å²) >= 11 is 0. The van der Waals surface area contributed by atoms with E-state index in [1.54, 1.807) is 14.0 Å². The van der Waals surface area contributed by atoms with Crippen molar-refractivity contribution in [1.29, 1.82) is 0 Å². The van der Waals surface area contributed by atoms with Gasteiger partial charge in [0.1, 0.15) is 67.1 Å². The normalized spacial score (nSPS) is 28.4. The standard InChI is InChI=1S/C34H62N6O16.C31H57N5O16/c1-20-15-22(30(48)31(49)28(20)46)54-11-7-37-24(42)18-40(19-25(43)38-8-12-55-34-33(51)32(50)29(47)21(2)56-34)17-23(41)36-6-10-53-14-13-52-9-5-26(44)39(4)27(45)16-35-3;1-4-32-20(37)5-9-47-13-14-48-10-6-33-21(38)15-36(16-22(39)34-7-11-49-30-28(45)26(43)24(41)18(2)51-30)17-23(40)35-8-12-50-31-29(46)27(44)25(42)19(3)52-31/h20-22,28-35,46-51H,5-19H2,1-4H3,(H,36,41)(H,37,42)(H,38,43);18-19,24-31,41-46H,4-17H2,1-3H3,(H,32,37)(H,33,38)(H,34,39)(H,35,40)/t20-,21+,22-,28-,29-,30-,31-,32-,33+,34-;18-,19-,24+,25+,26+,27+,28-,29-,30+,31+/m10/s1. The molecule has 3 heterocycles. The van der Waals surface area contributed by atoms with E-state index in [0.29, 0.717) is 13.0 Å². The summed E-state index contributed by atoms with van der Waals surface area (Å²) in [5.74, 6) is -4.37. The highest BCUT2D eigenvalue weighted by atomic mass is 16.7. The predicted molar refractivity (Wildman–Crippen MR) is 370 cm³/mol. The number of carbonyl (C=O) groups is 9. The number of amides is 9. The second-order valence-corrected chi connectivity index (χ2v) is 25.9. The van der Waals surface area contributed by atoms with Gasteiger partial charge in [-0.15, -0.1) is 0 Å². The minimum Gasteiger partial charge on any atom is -0.390 e. The summed E-state index contributed by atoms with van der Waals surface area (Å²) in [6, 6.07) is 0. The first-order valence-corrected chi connectivity index (χ1v) is 36.0. The fraction of sp³-hybridized carbons (Fsp3) is 0.862. The predicted octanol–water partition coefficient (Wildman–Crippen LogP) is -12.5. The lowest BCUT2D eigenvalue weighted by atomic mass is 9.82. The third-order valence-electron chi connectivity index (χ3n) is 17.0. The number of aliphatic hydroxyl groups excluding tert-OH is 12. The Morgan fingerprint density at radius 1 is 0.352 bits per heavy atom. The Morgan fingerprint density at radius 3 is 0.991 bits per heavy atom. The van der Waals surface area contributed by atoms with E-state index in [1.165, 1.54) is 37.6 Å². The number of carbonyl (C=O) groups excluding carboxylic acids is 9. The Morgan fingerprint density at radius 2 is 0.657 bits per heavy atom. The largest absolute Gasteiger partial charge is 0.390 e. The van der Waals surface area contributed by atoms with Crippen molar-refractivity contribution in [2.45, 2.75) is 170 Å². The highest BCUT2D eigenvalue weighted by Crippen LogP contribution is 2.28. The molecule has 0 unspecified atom stereocenters. The van der Waals surface area contributed by atoms with Crippen molar-refractivity contribution in [3.05, 3.63) is 0 Å². The molecule has 0 aromatic rings. The highest BCUT2D eigenvalue weighted by Gasteiger charge is 2.45. The van der Waals surface area contributed by atoms with Crippen molar-refractivity contribution < 1.29 is 157 Å². The van der Waals surface area contributed by atoms with Gasteiger partial charge in [0.15, 0.2) is 18.9 Å². The topological polar surface area (TPSA) is 604 Å². The van der Waals surface area contributed by atoms with Crippen molar-refractivity contribution in [2.75, 3.05) is 185 Å². The number of ether oxygens (including phenoxy) is 11. The summed E-state index contributed by atoms with van der Waals surface area (Å²) in [6.07, 6.45) is -22.9. The molecule has 43 nitrogen and oxygen atoms in total. The molecule has 4 fully saturated rings. The Balaban J connectivity index is 0.000000562. The van der Waals surface area contributed by atoms with Crippen LogP contribution in [0.4, 0.5) is 0 Å². The van der Waals surface area contributed by atoms with E-state index >= 15 is 0 Å². The van der Waals surface area contributed by atoms with Crippen molar-refractivity contribution in [3.63, 3.8) is 0 Å². The van der Waals surface area contributed by atoms with Crippen molar-refractivity contribution >= 4 is 53.2 Å². The Kier molecular flexibility index (Phi) is 47.7. The fourth-order valence-electron chi connectivity index (χ4n) is 10.8. The zero-order valence-corrected chi connectivity index (χ0v) is 62.4. The molecular formula is C65H119N11O32. The van der Waals surface area contributed by atoms with E-state index in [1.807, 2.05) is 6.92 Å². The van der Waals surface area contributed by atoms with Crippen LogP contribution in [0.5, 0.6) is 0 Å². The van der Waals surface area contributed by atoms with E-state index in [4.69, 9.17) is 52.1 Å². The van der Waals surface area contributed by atoms with Gasteiger partial charge in [0.05, 0.1) is 162 Å². The van der Waals surface area contributed by atoms with Crippen LogP contribution in [0, 0.1) is 5.92 Å². The first-order chi connectivity index (χ1) is 51.3. The summed E-state index contributed by atoms with van der Waals surface area (Å²) in [5.41, 5.74) is 0. The van der Waals surface area contributed by atoms with Gasteiger partial charge in [0, 0.05) is 59.3 Å². The molecule has 3 aliphatic heterocycles. The SMILES string of the molecule is CCNC(=O)CCOCCOCCNC(=O)CN(CC(=O)NCCO[C@@H]1O[C@@H](C)[C@@H](O)[C@@H](O)[C@@H]1O)CC(=O)NCCO[C@@H]1O[C@@H](C)[C@@H](O)[C@@H](O)[C@@H]1O.CNCC(=O)N(C)C(=O)CCOCCOCCNC(=O)CN(CC(=O)NCCO[C@@H]1O[C@@H](C)[C@@H](O)[C@@H](O)[C@@H]1O)CC(=O)NCCO[C@@H]1C[C@@H](C)[C@@H](O)[C@@H](O)[C@@H]1O. The summed E-state index contributed by atoms with van der Waals surface area (Å²) in [7, 11) is 3.00. The number of aliphatic hydroxyl groups is 12. The Hall–Kier alpha value is -5.61. The maximum absolute atomic E-state index is 12.8. The molecule has 0 spiro atoms. The first kappa shape index (κ1) is 96.6. The second-order valence-electron chi connectivity index (χ2n) is 25.9. The number of nitrogens with zero attached hydrogens (tertiary/aromatic N) is 3. The lowest BCUT2D eigenvalue weighted by Gasteiger charge is -2.38. The molecule has 626 valence electrons. The van der Waals surface area contributed by atoms with E-state index in [-0.39, 0.29) is 201 Å². The maximum atomic E-state index is 12.8. The molecule has 1 saturated carbocycles.